The lowest BCUT2D eigenvalue weighted by Crippen LogP contribution is -2.02. The Kier molecular flexibility index (Phi) is 2.91. The second-order valence-corrected chi connectivity index (χ2v) is 4.47. The van der Waals surface area contributed by atoms with Crippen LogP contribution >= 0.6 is 0 Å². The summed E-state index contributed by atoms with van der Waals surface area (Å²) in [5.74, 6) is 0.0968. The van der Waals surface area contributed by atoms with E-state index in [0.29, 0.717) is 16.5 Å². The first kappa shape index (κ1) is 12.9. The number of nitro groups is 1. The van der Waals surface area contributed by atoms with Crippen LogP contribution in [0.5, 0.6) is 5.75 Å². The van der Waals surface area contributed by atoms with Crippen LogP contribution in [0.1, 0.15) is 0 Å². The third-order valence-electron chi connectivity index (χ3n) is 3.11. The van der Waals surface area contributed by atoms with Gasteiger partial charge in [0, 0.05) is 11.5 Å². The van der Waals surface area contributed by atoms with Gasteiger partial charge in [-0.2, -0.15) is 0 Å². The number of phenols is 1. The molecule has 0 unspecified atom stereocenters. The summed E-state index contributed by atoms with van der Waals surface area (Å²) in [5.41, 5.74) is 0.367. The van der Waals surface area contributed by atoms with Crippen molar-refractivity contribution in [1.29, 1.82) is 0 Å². The van der Waals surface area contributed by atoms with E-state index in [-0.39, 0.29) is 17.0 Å². The molecule has 3 rings (SSSR count). The van der Waals surface area contributed by atoms with Crippen molar-refractivity contribution < 1.29 is 14.4 Å². The molecule has 2 aromatic carbocycles. The number of fused-ring (bicyclic) bond motifs is 1. The van der Waals surface area contributed by atoms with Crippen LogP contribution in [0.4, 0.5) is 5.69 Å². The number of aromatic hydroxyl groups is 1. The van der Waals surface area contributed by atoms with Gasteiger partial charge < -0.3 is 9.52 Å². The van der Waals surface area contributed by atoms with E-state index < -0.39 is 10.5 Å². The van der Waals surface area contributed by atoms with E-state index in [1.807, 2.05) is 0 Å². The van der Waals surface area contributed by atoms with Gasteiger partial charge in [-0.05, 0) is 29.8 Å². The molecule has 0 saturated carbocycles. The summed E-state index contributed by atoms with van der Waals surface area (Å²) >= 11 is 0. The Bertz CT molecular complexity index is 896. The maximum atomic E-state index is 12.0. The van der Waals surface area contributed by atoms with Crippen molar-refractivity contribution in [3.63, 3.8) is 0 Å². The number of phenolic OH excluding ortho intramolecular Hbond substituents is 1. The minimum absolute atomic E-state index is 0.0968. The summed E-state index contributed by atoms with van der Waals surface area (Å²) in [4.78, 5) is 22.2. The Morgan fingerprint density at radius 3 is 2.43 bits per heavy atom. The first-order valence-corrected chi connectivity index (χ1v) is 6.06. The summed E-state index contributed by atoms with van der Waals surface area (Å²) in [6, 6.07) is 11.8. The van der Waals surface area contributed by atoms with Crippen LogP contribution in [0.2, 0.25) is 0 Å². The van der Waals surface area contributed by atoms with E-state index in [0.717, 1.165) is 0 Å². The SMILES string of the molecule is O=c1oc2cc([N+](=O)[O-])ccc2cc1-c1ccc(O)cc1. The van der Waals surface area contributed by atoms with E-state index in [4.69, 9.17) is 4.42 Å². The lowest BCUT2D eigenvalue weighted by atomic mass is 10.1. The molecule has 1 N–H and O–H groups in total. The molecular weight excluding hydrogens is 274 g/mol. The summed E-state index contributed by atoms with van der Waals surface area (Å²) < 4.78 is 5.15. The number of hydrogen-bond donors (Lipinski definition) is 1. The minimum atomic E-state index is -0.589. The number of nitrogens with zero attached hydrogens (tertiary/aromatic N) is 1. The van der Waals surface area contributed by atoms with Crippen molar-refractivity contribution in [1.82, 2.24) is 0 Å². The van der Waals surface area contributed by atoms with Gasteiger partial charge in [-0.15, -0.1) is 0 Å². The normalized spacial score (nSPS) is 10.7. The van der Waals surface area contributed by atoms with Crippen LogP contribution < -0.4 is 5.63 Å². The van der Waals surface area contributed by atoms with Gasteiger partial charge in [-0.3, -0.25) is 10.1 Å². The molecule has 0 spiro atoms. The van der Waals surface area contributed by atoms with Gasteiger partial charge in [-0.1, -0.05) is 12.1 Å². The number of non-ortho nitro benzene ring substituents is 1. The van der Waals surface area contributed by atoms with Gasteiger partial charge in [-0.25, -0.2) is 4.79 Å². The first-order valence-electron chi connectivity index (χ1n) is 6.06. The largest absolute Gasteiger partial charge is 0.508 e. The summed E-state index contributed by atoms with van der Waals surface area (Å²) in [7, 11) is 0. The van der Waals surface area contributed by atoms with Gasteiger partial charge >= 0.3 is 5.63 Å². The van der Waals surface area contributed by atoms with Gasteiger partial charge in [0.2, 0.25) is 0 Å². The van der Waals surface area contributed by atoms with Crippen LogP contribution in [0, 0.1) is 10.1 Å². The highest BCUT2D eigenvalue weighted by Gasteiger charge is 2.11. The monoisotopic (exact) mass is 283 g/mol. The molecule has 0 aliphatic rings. The fourth-order valence-corrected chi connectivity index (χ4v) is 2.06. The Morgan fingerprint density at radius 2 is 1.76 bits per heavy atom. The molecule has 0 bridgehead atoms. The average molecular weight is 283 g/mol. The smallest absolute Gasteiger partial charge is 0.344 e. The predicted octanol–water partition coefficient (Wildman–Crippen LogP) is 3.07. The first-order chi connectivity index (χ1) is 10.0. The van der Waals surface area contributed by atoms with Crippen molar-refractivity contribution in [3.8, 4) is 16.9 Å². The van der Waals surface area contributed by atoms with Gasteiger partial charge in [0.1, 0.15) is 11.3 Å². The molecule has 0 amide bonds. The summed E-state index contributed by atoms with van der Waals surface area (Å²) in [5, 5.41) is 20.6. The molecule has 21 heavy (non-hydrogen) atoms. The molecule has 0 fully saturated rings. The molecule has 0 atom stereocenters. The topological polar surface area (TPSA) is 93.6 Å². The Hall–Kier alpha value is -3.15. The van der Waals surface area contributed by atoms with Crippen molar-refractivity contribution in [2.75, 3.05) is 0 Å². The summed E-state index contributed by atoms with van der Waals surface area (Å²) in [6.45, 7) is 0. The van der Waals surface area contributed by atoms with Crippen molar-refractivity contribution in [2.45, 2.75) is 0 Å². The second-order valence-electron chi connectivity index (χ2n) is 4.47. The summed E-state index contributed by atoms with van der Waals surface area (Å²) in [6.07, 6.45) is 0. The van der Waals surface area contributed by atoms with Crippen LogP contribution in [0.25, 0.3) is 22.1 Å². The Morgan fingerprint density at radius 1 is 1.05 bits per heavy atom. The molecule has 3 aromatic rings. The quantitative estimate of drug-likeness (QED) is 0.443. The fourth-order valence-electron chi connectivity index (χ4n) is 2.06. The molecule has 104 valence electrons. The Balaban J connectivity index is 2.20. The molecule has 0 aliphatic heterocycles. The van der Waals surface area contributed by atoms with Crippen LogP contribution in [0.3, 0.4) is 0 Å². The maximum Gasteiger partial charge on any atom is 0.344 e. The molecule has 0 aliphatic carbocycles. The minimum Gasteiger partial charge on any atom is -0.508 e. The second kappa shape index (κ2) is 4.75. The van der Waals surface area contributed by atoms with E-state index in [1.54, 1.807) is 18.2 Å². The zero-order valence-electron chi connectivity index (χ0n) is 10.6. The van der Waals surface area contributed by atoms with Crippen LogP contribution in [-0.2, 0) is 0 Å². The van der Waals surface area contributed by atoms with E-state index in [9.17, 15) is 20.0 Å². The highest BCUT2D eigenvalue weighted by atomic mass is 16.6. The standard InChI is InChI=1S/C15H9NO5/c17-12-5-2-9(3-6-12)13-7-10-1-4-11(16(19)20)8-14(10)21-15(13)18/h1-8,17H. The van der Waals surface area contributed by atoms with Crippen LogP contribution in [0.15, 0.2) is 57.7 Å². The predicted molar refractivity (Wildman–Crippen MR) is 76.2 cm³/mol. The number of nitro benzene ring substituents is 1. The number of hydrogen-bond acceptors (Lipinski definition) is 5. The number of benzene rings is 2. The molecule has 1 heterocycles. The zero-order chi connectivity index (χ0) is 15.0. The Labute approximate surface area is 118 Å². The van der Waals surface area contributed by atoms with Gasteiger partial charge in [0.05, 0.1) is 16.6 Å². The van der Waals surface area contributed by atoms with E-state index >= 15 is 0 Å². The molecule has 0 saturated heterocycles. The van der Waals surface area contributed by atoms with E-state index in [1.165, 1.54) is 30.3 Å². The molecule has 0 radical (unpaired) electrons. The highest BCUT2D eigenvalue weighted by Crippen LogP contribution is 2.25. The van der Waals surface area contributed by atoms with Crippen molar-refractivity contribution in [3.05, 3.63) is 69.1 Å². The van der Waals surface area contributed by atoms with Crippen LogP contribution in [-0.4, -0.2) is 10.0 Å². The third-order valence-corrected chi connectivity index (χ3v) is 3.11. The lowest BCUT2D eigenvalue weighted by Gasteiger charge is -2.03. The molecule has 6 heteroatoms. The lowest BCUT2D eigenvalue weighted by molar-refractivity contribution is -0.384. The highest BCUT2D eigenvalue weighted by molar-refractivity contribution is 5.83. The third kappa shape index (κ3) is 2.34. The van der Waals surface area contributed by atoms with Gasteiger partial charge in [0.25, 0.3) is 5.69 Å². The molecule has 1 aromatic heterocycles. The van der Waals surface area contributed by atoms with Gasteiger partial charge in [0.15, 0.2) is 0 Å². The average Bonchev–Trinajstić information content (AvgIpc) is 2.47. The number of rotatable bonds is 2. The van der Waals surface area contributed by atoms with Crippen molar-refractivity contribution >= 4 is 16.7 Å². The molecular formula is C15H9NO5. The molecule has 6 nitrogen and oxygen atoms in total. The fraction of sp³-hybridized carbons (Fsp3) is 0. The van der Waals surface area contributed by atoms with E-state index in [2.05, 4.69) is 0 Å². The maximum absolute atomic E-state index is 12.0. The van der Waals surface area contributed by atoms with Crippen molar-refractivity contribution in [2.24, 2.45) is 0 Å². The zero-order valence-corrected chi connectivity index (χ0v) is 10.6.